The first-order chi connectivity index (χ1) is 9.97. The lowest BCUT2D eigenvalue weighted by Crippen LogP contribution is -2.37. The van der Waals surface area contributed by atoms with Crippen LogP contribution in [0.3, 0.4) is 0 Å². The summed E-state index contributed by atoms with van der Waals surface area (Å²) in [7, 11) is 1.58. The highest BCUT2D eigenvalue weighted by Crippen LogP contribution is 2.37. The van der Waals surface area contributed by atoms with Crippen molar-refractivity contribution < 1.29 is 9.94 Å². The summed E-state index contributed by atoms with van der Waals surface area (Å²) in [4.78, 5) is 0. The van der Waals surface area contributed by atoms with Gasteiger partial charge in [0.1, 0.15) is 5.75 Å². The van der Waals surface area contributed by atoms with Gasteiger partial charge in [0.15, 0.2) is 5.84 Å². The molecule has 116 valence electrons. The molecule has 0 saturated heterocycles. The van der Waals surface area contributed by atoms with Crippen molar-refractivity contribution in [3.63, 3.8) is 0 Å². The van der Waals surface area contributed by atoms with Crippen LogP contribution in [-0.4, -0.2) is 24.2 Å². The van der Waals surface area contributed by atoms with Crippen molar-refractivity contribution in [3.05, 3.63) is 29.3 Å². The summed E-state index contributed by atoms with van der Waals surface area (Å²) in [6, 6.07) is 6.28. The molecule has 4 N–H and O–H groups in total. The molecular formula is C16H25N3O2. The number of nitrogens with two attached hydrogens (primary N) is 1. The summed E-state index contributed by atoms with van der Waals surface area (Å²) < 4.78 is 5.32. The summed E-state index contributed by atoms with van der Waals surface area (Å²) in [5, 5.41) is 15.4. The highest BCUT2D eigenvalue weighted by molar-refractivity contribution is 5.99. The van der Waals surface area contributed by atoms with Crippen LogP contribution in [0.2, 0.25) is 0 Å². The highest BCUT2D eigenvalue weighted by atomic mass is 16.5. The second-order valence-electron chi connectivity index (χ2n) is 6.33. The fourth-order valence-electron chi connectivity index (χ4n) is 3.06. The van der Waals surface area contributed by atoms with Crippen molar-refractivity contribution in [2.45, 2.75) is 45.7 Å². The number of nitrogens with one attached hydrogen (secondary N) is 1. The molecule has 21 heavy (non-hydrogen) atoms. The highest BCUT2D eigenvalue weighted by Gasteiger charge is 2.33. The van der Waals surface area contributed by atoms with Gasteiger partial charge in [-0.1, -0.05) is 31.5 Å². The van der Waals surface area contributed by atoms with Crippen molar-refractivity contribution >= 4 is 5.84 Å². The van der Waals surface area contributed by atoms with Gasteiger partial charge < -0.3 is 21.0 Å². The number of ether oxygens (including phenoxy) is 1. The fourth-order valence-corrected chi connectivity index (χ4v) is 3.06. The Kier molecular flexibility index (Phi) is 4.73. The van der Waals surface area contributed by atoms with Gasteiger partial charge in [-0.15, -0.1) is 0 Å². The van der Waals surface area contributed by atoms with Gasteiger partial charge in [-0.2, -0.15) is 0 Å². The van der Waals surface area contributed by atoms with E-state index < -0.39 is 0 Å². The molecule has 0 heterocycles. The Bertz CT molecular complexity index is 526. The molecule has 1 aromatic rings. The number of amidine groups is 1. The van der Waals surface area contributed by atoms with Crippen molar-refractivity contribution in [2.24, 2.45) is 16.3 Å². The maximum Gasteiger partial charge on any atom is 0.173 e. The molecule has 2 rings (SSSR count). The van der Waals surface area contributed by atoms with Crippen LogP contribution in [0.25, 0.3) is 0 Å². The SMILES string of the molecule is COc1cc(CNC2CCCC2(C)C)ccc1/C(N)=N/O. The number of rotatable bonds is 5. The summed E-state index contributed by atoms with van der Waals surface area (Å²) in [5.41, 5.74) is 7.72. The Morgan fingerprint density at radius 3 is 2.86 bits per heavy atom. The monoisotopic (exact) mass is 291 g/mol. The Morgan fingerprint density at radius 1 is 1.52 bits per heavy atom. The zero-order valence-electron chi connectivity index (χ0n) is 13.0. The zero-order chi connectivity index (χ0) is 15.5. The molecule has 5 nitrogen and oxygen atoms in total. The second kappa shape index (κ2) is 6.35. The first kappa shape index (κ1) is 15.6. The fraction of sp³-hybridized carbons (Fsp3) is 0.562. The van der Waals surface area contributed by atoms with Gasteiger partial charge in [-0.3, -0.25) is 0 Å². The van der Waals surface area contributed by atoms with E-state index in [0.717, 1.165) is 12.1 Å². The first-order valence-corrected chi connectivity index (χ1v) is 7.36. The van der Waals surface area contributed by atoms with E-state index in [1.807, 2.05) is 18.2 Å². The van der Waals surface area contributed by atoms with Crippen molar-refractivity contribution in [1.29, 1.82) is 0 Å². The maximum absolute atomic E-state index is 8.78. The molecule has 1 saturated carbocycles. The predicted octanol–water partition coefficient (Wildman–Crippen LogP) is 2.46. The number of nitrogens with zero attached hydrogens (tertiary/aromatic N) is 1. The van der Waals surface area contributed by atoms with Crippen LogP contribution < -0.4 is 15.8 Å². The molecule has 0 radical (unpaired) electrons. The van der Waals surface area contributed by atoms with Crippen molar-refractivity contribution in [1.82, 2.24) is 5.32 Å². The summed E-state index contributed by atoms with van der Waals surface area (Å²) in [5.74, 6) is 0.679. The third-order valence-corrected chi connectivity index (χ3v) is 4.46. The minimum Gasteiger partial charge on any atom is -0.496 e. The summed E-state index contributed by atoms with van der Waals surface area (Å²) >= 11 is 0. The van der Waals surface area contributed by atoms with E-state index in [-0.39, 0.29) is 5.84 Å². The van der Waals surface area contributed by atoms with Crippen molar-refractivity contribution in [3.8, 4) is 5.75 Å². The smallest absolute Gasteiger partial charge is 0.173 e. The van der Waals surface area contributed by atoms with Gasteiger partial charge in [0.05, 0.1) is 12.7 Å². The van der Waals surface area contributed by atoms with Gasteiger partial charge in [0, 0.05) is 12.6 Å². The molecule has 0 bridgehead atoms. The largest absolute Gasteiger partial charge is 0.496 e. The number of hydrogen-bond acceptors (Lipinski definition) is 4. The van der Waals surface area contributed by atoms with Gasteiger partial charge >= 0.3 is 0 Å². The normalized spacial score (nSPS) is 21.5. The van der Waals surface area contributed by atoms with E-state index in [1.54, 1.807) is 7.11 Å². The lowest BCUT2D eigenvalue weighted by Gasteiger charge is -2.28. The van der Waals surface area contributed by atoms with Crippen molar-refractivity contribution in [2.75, 3.05) is 7.11 Å². The molecule has 1 atom stereocenters. The molecule has 0 amide bonds. The standard InChI is InChI=1S/C16H25N3O2/c1-16(2)8-4-5-14(16)18-10-11-6-7-12(15(17)19-20)13(9-11)21-3/h6-7,9,14,18,20H,4-5,8,10H2,1-3H3,(H2,17,19). The molecular weight excluding hydrogens is 266 g/mol. The molecule has 0 aromatic heterocycles. The third-order valence-electron chi connectivity index (χ3n) is 4.46. The first-order valence-electron chi connectivity index (χ1n) is 7.36. The van der Waals surface area contributed by atoms with Crippen LogP contribution in [0.1, 0.15) is 44.2 Å². The molecule has 0 aliphatic heterocycles. The molecule has 1 aliphatic carbocycles. The molecule has 1 unspecified atom stereocenters. The van der Waals surface area contributed by atoms with Gasteiger partial charge in [0.2, 0.25) is 0 Å². The van der Waals surface area contributed by atoms with Gasteiger partial charge in [0.25, 0.3) is 0 Å². The number of benzene rings is 1. The van der Waals surface area contributed by atoms with E-state index in [0.29, 0.717) is 22.8 Å². The quantitative estimate of drug-likeness (QED) is 0.337. The molecule has 1 aromatic carbocycles. The predicted molar refractivity (Wildman–Crippen MR) is 83.8 cm³/mol. The van der Waals surface area contributed by atoms with Crippen LogP contribution in [0.4, 0.5) is 0 Å². The zero-order valence-corrected chi connectivity index (χ0v) is 13.0. The van der Waals surface area contributed by atoms with E-state index in [9.17, 15) is 0 Å². The molecule has 1 aliphatic rings. The lowest BCUT2D eigenvalue weighted by molar-refractivity contribution is 0.282. The third kappa shape index (κ3) is 3.47. The second-order valence-corrected chi connectivity index (χ2v) is 6.33. The Balaban J connectivity index is 2.08. The van der Waals surface area contributed by atoms with Crippen LogP contribution in [0.15, 0.2) is 23.4 Å². The number of oxime groups is 1. The Hall–Kier alpha value is -1.75. The minimum absolute atomic E-state index is 0.0586. The van der Waals surface area contributed by atoms with E-state index >= 15 is 0 Å². The Morgan fingerprint density at radius 2 is 2.29 bits per heavy atom. The lowest BCUT2D eigenvalue weighted by atomic mass is 9.87. The number of methoxy groups -OCH3 is 1. The van der Waals surface area contributed by atoms with Crippen LogP contribution >= 0.6 is 0 Å². The van der Waals surface area contributed by atoms with E-state index in [2.05, 4.69) is 24.3 Å². The van der Waals surface area contributed by atoms with Gasteiger partial charge in [-0.25, -0.2) is 0 Å². The molecule has 1 fully saturated rings. The average molecular weight is 291 g/mol. The van der Waals surface area contributed by atoms with E-state index in [4.69, 9.17) is 15.7 Å². The Labute approximate surface area is 126 Å². The van der Waals surface area contributed by atoms with Crippen LogP contribution in [0.5, 0.6) is 5.75 Å². The summed E-state index contributed by atoms with van der Waals surface area (Å²) in [6.45, 7) is 5.43. The average Bonchev–Trinajstić information content (AvgIpc) is 2.82. The van der Waals surface area contributed by atoms with Crippen LogP contribution in [0, 0.1) is 5.41 Å². The minimum atomic E-state index is 0.0586. The van der Waals surface area contributed by atoms with Crippen LogP contribution in [-0.2, 0) is 6.54 Å². The number of hydrogen-bond donors (Lipinski definition) is 3. The topological polar surface area (TPSA) is 79.9 Å². The molecule has 5 heteroatoms. The molecule has 0 spiro atoms. The maximum atomic E-state index is 8.78. The summed E-state index contributed by atoms with van der Waals surface area (Å²) in [6.07, 6.45) is 3.79. The van der Waals surface area contributed by atoms with E-state index in [1.165, 1.54) is 19.3 Å². The van der Waals surface area contributed by atoms with Gasteiger partial charge in [-0.05, 0) is 36.0 Å².